The summed E-state index contributed by atoms with van der Waals surface area (Å²) in [5.74, 6) is -1.36. The van der Waals surface area contributed by atoms with Crippen LogP contribution in [0.4, 0.5) is 0 Å². The van der Waals surface area contributed by atoms with Crippen LogP contribution in [0.1, 0.15) is 24.8 Å². The highest BCUT2D eigenvalue weighted by Crippen LogP contribution is 2.24. The number of aliphatic hydroxyl groups is 1. The molecule has 0 unspecified atom stereocenters. The molecule has 1 saturated carbocycles. The lowest BCUT2D eigenvalue weighted by molar-refractivity contribution is -0.123. The van der Waals surface area contributed by atoms with Gasteiger partial charge in [0.2, 0.25) is 0 Å². The van der Waals surface area contributed by atoms with Crippen LogP contribution in [0.3, 0.4) is 0 Å². The summed E-state index contributed by atoms with van der Waals surface area (Å²) < 4.78 is 1.29. The smallest absolute Gasteiger partial charge is 0.262 e. The Bertz CT molecular complexity index is 875. The summed E-state index contributed by atoms with van der Waals surface area (Å²) >= 11 is 0. The number of aliphatic hydroxyl groups excluding tert-OH is 1. The number of ketones is 2. The predicted octanol–water partition coefficient (Wildman–Crippen LogP) is 1.52. The molecule has 0 amide bonds. The fourth-order valence-corrected chi connectivity index (χ4v) is 2.68. The van der Waals surface area contributed by atoms with Gasteiger partial charge in [-0.1, -0.05) is 0 Å². The molecule has 2 aromatic rings. The van der Waals surface area contributed by atoms with Crippen molar-refractivity contribution in [1.29, 1.82) is 0 Å². The van der Waals surface area contributed by atoms with Gasteiger partial charge in [0, 0.05) is 31.5 Å². The lowest BCUT2D eigenvalue weighted by atomic mass is 9.90. The highest BCUT2D eigenvalue weighted by Gasteiger charge is 2.28. The normalized spacial score (nSPS) is 15.4. The number of pyridine rings is 2. The zero-order chi connectivity index (χ0) is 15.9. The molecule has 2 heterocycles. The van der Waals surface area contributed by atoms with Gasteiger partial charge in [0.25, 0.3) is 5.56 Å². The van der Waals surface area contributed by atoms with Gasteiger partial charge in [-0.15, -0.1) is 0 Å². The largest absolute Gasteiger partial charge is 0.506 e. The van der Waals surface area contributed by atoms with Crippen LogP contribution in [0.2, 0.25) is 0 Å². The summed E-state index contributed by atoms with van der Waals surface area (Å²) in [5.41, 5.74) is -0.342. The number of aromatic nitrogens is 2. The summed E-state index contributed by atoms with van der Waals surface area (Å²) in [6.07, 6.45) is 2.46. The van der Waals surface area contributed by atoms with E-state index < -0.39 is 22.9 Å². The van der Waals surface area contributed by atoms with Crippen molar-refractivity contribution in [2.24, 2.45) is 7.05 Å². The van der Waals surface area contributed by atoms with Gasteiger partial charge in [0.15, 0.2) is 11.6 Å². The number of hydrogen-bond acceptors (Lipinski definition) is 5. The summed E-state index contributed by atoms with van der Waals surface area (Å²) in [6.45, 7) is 0. The number of nitrogens with zero attached hydrogens (tertiary/aromatic N) is 2. The van der Waals surface area contributed by atoms with Crippen molar-refractivity contribution in [3.05, 3.63) is 45.9 Å². The Labute approximate surface area is 125 Å². The third-order valence-corrected chi connectivity index (χ3v) is 3.83. The van der Waals surface area contributed by atoms with Crippen molar-refractivity contribution < 1.29 is 14.7 Å². The van der Waals surface area contributed by atoms with Crippen LogP contribution in [0.5, 0.6) is 0 Å². The summed E-state index contributed by atoms with van der Waals surface area (Å²) in [7, 11) is 1.53. The first-order chi connectivity index (χ1) is 10.5. The van der Waals surface area contributed by atoms with E-state index in [-0.39, 0.29) is 24.0 Å². The van der Waals surface area contributed by atoms with Crippen LogP contribution in [0, 0.1) is 0 Å². The van der Waals surface area contributed by atoms with Crippen molar-refractivity contribution in [1.82, 2.24) is 9.55 Å². The lowest BCUT2D eigenvalue weighted by Gasteiger charge is -2.14. The number of aryl methyl sites for hydroxylation is 1. The molecule has 0 aromatic carbocycles. The van der Waals surface area contributed by atoms with Gasteiger partial charge in [-0.2, -0.15) is 0 Å². The number of carbonyl (C=O) groups is 2. The standard InChI is InChI=1S/C16H14N2O4/c1-18-15-9(4-3-7-17-15)8-10(16(18)22)14(21)13-11(19)5-2-6-12(13)20/h3-4,7-8,21H,2,5-6H2,1H3. The minimum Gasteiger partial charge on any atom is -0.506 e. The fourth-order valence-electron chi connectivity index (χ4n) is 2.68. The molecular formula is C16H14N2O4. The predicted molar refractivity (Wildman–Crippen MR) is 80.4 cm³/mol. The molecule has 1 aliphatic rings. The van der Waals surface area contributed by atoms with Crippen LogP contribution in [-0.2, 0) is 16.6 Å². The quantitative estimate of drug-likeness (QED) is 0.490. The van der Waals surface area contributed by atoms with E-state index in [0.717, 1.165) is 0 Å². The van der Waals surface area contributed by atoms with E-state index in [4.69, 9.17) is 0 Å². The lowest BCUT2D eigenvalue weighted by Crippen LogP contribution is -2.25. The third-order valence-electron chi connectivity index (χ3n) is 3.83. The third kappa shape index (κ3) is 2.13. The zero-order valence-corrected chi connectivity index (χ0v) is 12.0. The summed E-state index contributed by atoms with van der Waals surface area (Å²) in [6, 6.07) is 4.91. The van der Waals surface area contributed by atoms with Crippen LogP contribution in [0.25, 0.3) is 16.8 Å². The first kappa shape index (κ1) is 14.2. The molecule has 22 heavy (non-hydrogen) atoms. The Kier molecular flexibility index (Phi) is 3.36. The molecule has 0 atom stereocenters. The molecule has 0 radical (unpaired) electrons. The number of rotatable bonds is 1. The highest BCUT2D eigenvalue weighted by atomic mass is 16.3. The molecule has 0 spiro atoms. The van der Waals surface area contributed by atoms with E-state index in [1.54, 1.807) is 18.3 Å². The van der Waals surface area contributed by atoms with Gasteiger partial charge in [-0.3, -0.25) is 19.0 Å². The van der Waals surface area contributed by atoms with E-state index in [1.165, 1.54) is 17.7 Å². The van der Waals surface area contributed by atoms with E-state index in [9.17, 15) is 19.5 Å². The molecule has 0 bridgehead atoms. The highest BCUT2D eigenvalue weighted by molar-refractivity contribution is 6.25. The first-order valence-electron chi connectivity index (χ1n) is 6.95. The molecule has 6 heteroatoms. The zero-order valence-electron chi connectivity index (χ0n) is 12.0. The first-order valence-corrected chi connectivity index (χ1v) is 6.95. The van der Waals surface area contributed by atoms with E-state index in [0.29, 0.717) is 17.5 Å². The number of allylic oxidation sites excluding steroid dienone is 1. The second kappa shape index (κ2) is 5.22. The maximum absolute atomic E-state index is 12.4. The summed E-state index contributed by atoms with van der Waals surface area (Å²) in [5, 5.41) is 11.0. The molecule has 2 aromatic heterocycles. The van der Waals surface area contributed by atoms with Crippen LogP contribution >= 0.6 is 0 Å². The van der Waals surface area contributed by atoms with E-state index >= 15 is 0 Å². The average molecular weight is 298 g/mol. The number of Topliss-reactive ketones (excluding diaryl/α,β-unsaturated/α-hetero) is 2. The molecule has 0 saturated heterocycles. The molecule has 6 nitrogen and oxygen atoms in total. The van der Waals surface area contributed by atoms with E-state index in [1.807, 2.05) is 0 Å². The van der Waals surface area contributed by atoms with Crippen LogP contribution in [0.15, 0.2) is 34.8 Å². The number of hydrogen-bond donors (Lipinski definition) is 1. The SMILES string of the molecule is Cn1c(=O)c(C(O)=C2C(=O)CCCC2=O)cc2cccnc21. The maximum atomic E-state index is 12.4. The molecular weight excluding hydrogens is 284 g/mol. The molecule has 1 fully saturated rings. The molecule has 1 aliphatic carbocycles. The van der Waals surface area contributed by atoms with Crippen molar-refractivity contribution >= 4 is 28.4 Å². The molecule has 3 rings (SSSR count). The van der Waals surface area contributed by atoms with Gasteiger partial charge in [-0.05, 0) is 24.6 Å². The van der Waals surface area contributed by atoms with Crippen molar-refractivity contribution in [3.8, 4) is 0 Å². The van der Waals surface area contributed by atoms with Crippen LogP contribution < -0.4 is 5.56 Å². The average Bonchev–Trinajstić information content (AvgIpc) is 2.50. The van der Waals surface area contributed by atoms with Gasteiger partial charge in [-0.25, -0.2) is 4.98 Å². The molecule has 112 valence electrons. The van der Waals surface area contributed by atoms with Gasteiger partial charge in [0.05, 0.1) is 5.56 Å². The van der Waals surface area contributed by atoms with E-state index in [2.05, 4.69) is 4.98 Å². The monoisotopic (exact) mass is 298 g/mol. The number of carbonyl (C=O) groups excluding carboxylic acids is 2. The molecule has 0 aliphatic heterocycles. The Balaban J connectivity index is 2.30. The Hall–Kier alpha value is -2.76. The minimum atomic E-state index is -0.527. The second-order valence-electron chi connectivity index (χ2n) is 5.26. The minimum absolute atomic E-state index is 0.0541. The summed E-state index contributed by atoms with van der Waals surface area (Å²) in [4.78, 5) is 40.3. The van der Waals surface area contributed by atoms with Crippen molar-refractivity contribution in [2.75, 3.05) is 0 Å². The number of fused-ring (bicyclic) bond motifs is 1. The van der Waals surface area contributed by atoms with Gasteiger partial charge in [0.1, 0.15) is 17.0 Å². The van der Waals surface area contributed by atoms with Gasteiger partial charge < -0.3 is 5.11 Å². The Morgan fingerprint density at radius 1 is 1.23 bits per heavy atom. The Morgan fingerprint density at radius 3 is 2.59 bits per heavy atom. The second-order valence-corrected chi connectivity index (χ2v) is 5.26. The fraction of sp³-hybridized carbons (Fsp3) is 0.250. The van der Waals surface area contributed by atoms with Gasteiger partial charge >= 0.3 is 0 Å². The Morgan fingerprint density at radius 2 is 1.91 bits per heavy atom. The van der Waals surface area contributed by atoms with Crippen molar-refractivity contribution in [3.63, 3.8) is 0 Å². The topological polar surface area (TPSA) is 89.3 Å². The van der Waals surface area contributed by atoms with Crippen LogP contribution in [-0.4, -0.2) is 26.2 Å². The molecule has 1 N–H and O–H groups in total. The van der Waals surface area contributed by atoms with Crippen molar-refractivity contribution in [2.45, 2.75) is 19.3 Å². The maximum Gasteiger partial charge on any atom is 0.262 e.